The molecule has 3 rings (SSSR count). The number of imidazole rings is 1. The fraction of sp³-hybridized carbons (Fsp3) is 0.333. The van der Waals surface area contributed by atoms with Crippen molar-refractivity contribution in [1.29, 1.82) is 0 Å². The molecule has 0 fully saturated rings. The highest BCUT2D eigenvalue weighted by Crippen LogP contribution is 2.30. The molecule has 0 spiro atoms. The van der Waals surface area contributed by atoms with Crippen LogP contribution in [0.3, 0.4) is 0 Å². The summed E-state index contributed by atoms with van der Waals surface area (Å²) in [6, 6.07) is 7.92. The van der Waals surface area contributed by atoms with E-state index in [4.69, 9.17) is 14.8 Å². The molecule has 1 N–H and O–H groups in total. The van der Waals surface area contributed by atoms with Gasteiger partial charge in [-0.15, -0.1) is 11.3 Å². The molecule has 0 saturated heterocycles. The van der Waals surface area contributed by atoms with E-state index in [0.717, 1.165) is 46.2 Å². The number of thiazole rings is 1. The van der Waals surface area contributed by atoms with Crippen LogP contribution in [0.25, 0.3) is 16.2 Å². The first-order valence-corrected chi connectivity index (χ1v) is 8.94. The highest BCUT2D eigenvalue weighted by Gasteiger charge is 2.18. The van der Waals surface area contributed by atoms with Crippen molar-refractivity contribution in [1.82, 2.24) is 9.38 Å². The summed E-state index contributed by atoms with van der Waals surface area (Å²) in [5.74, 6) is 0.0238. The van der Waals surface area contributed by atoms with Crippen molar-refractivity contribution in [2.24, 2.45) is 0 Å². The molecule has 2 heterocycles. The number of nitrogens with zero attached hydrogens (tertiary/aromatic N) is 2. The van der Waals surface area contributed by atoms with Crippen LogP contribution in [0.2, 0.25) is 0 Å². The summed E-state index contributed by atoms with van der Waals surface area (Å²) in [6.07, 6.45) is 1.77. The number of carboxylic acids is 1. The monoisotopic (exact) mass is 344 g/mol. The van der Waals surface area contributed by atoms with Crippen molar-refractivity contribution in [3.05, 3.63) is 41.0 Å². The van der Waals surface area contributed by atoms with Gasteiger partial charge in [-0.2, -0.15) is 0 Å². The van der Waals surface area contributed by atoms with Crippen LogP contribution in [0.1, 0.15) is 31.7 Å². The van der Waals surface area contributed by atoms with E-state index in [9.17, 15) is 4.79 Å². The molecule has 2 aromatic heterocycles. The van der Waals surface area contributed by atoms with Crippen molar-refractivity contribution in [2.45, 2.75) is 33.1 Å². The Bertz CT molecular complexity index is 849. The van der Waals surface area contributed by atoms with Gasteiger partial charge < -0.3 is 9.84 Å². The predicted molar refractivity (Wildman–Crippen MR) is 95.0 cm³/mol. The summed E-state index contributed by atoms with van der Waals surface area (Å²) < 4.78 is 7.60. The van der Waals surface area contributed by atoms with E-state index in [1.165, 1.54) is 11.3 Å². The standard InChI is InChI=1S/C18H20N2O3S/c1-3-9-23-14-7-5-12(6-8-14)17-15(4-2)20-13(10-16(21)22)11-24-18(20)19-17/h5-8,11H,3-4,9-10H2,1-2H3,(H,21,22). The van der Waals surface area contributed by atoms with E-state index < -0.39 is 5.97 Å². The smallest absolute Gasteiger partial charge is 0.309 e. The van der Waals surface area contributed by atoms with Gasteiger partial charge >= 0.3 is 5.97 Å². The van der Waals surface area contributed by atoms with Crippen molar-refractivity contribution < 1.29 is 14.6 Å². The van der Waals surface area contributed by atoms with E-state index in [0.29, 0.717) is 6.61 Å². The number of fused-ring (bicyclic) bond motifs is 1. The van der Waals surface area contributed by atoms with Crippen LogP contribution < -0.4 is 4.74 Å². The average Bonchev–Trinajstić information content (AvgIpc) is 3.12. The first-order chi connectivity index (χ1) is 11.6. The Kier molecular flexibility index (Phi) is 4.85. The van der Waals surface area contributed by atoms with Crippen LogP contribution >= 0.6 is 11.3 Å². The number of rotatable bonds is 7. The molecule has 0 unspecified atom stereocenters. The Labute approximate surface area is 144 Å². The second-order valence-electron chi connectivity index (χ2n) is 5.55. The summed E-state index contributed by atoms with van der Waals surface area (Å²) in [5.41, 5.74) is 3.76. The quantitative estimate of drug-likeness (QED) is 0.702. The average molecular weight is 344 g/mol. The maximum atomic E-state index is 11.1. The fourth-order valence-corrected chi connectivity index (χ4v) is 3.65. The van der Waals surface area contributed by atoms with Gasteiger partial charge in [0, 0.05) is 16.6 Å². The normalized spacial score (nSPS) is 11.1. The van der Waals surface area contributed by atoms with Crippen LogP contribution in [0.15, 0.2) is 29.6 Å². The second kappa shape index (κ2) is 7.05. The van der Waals surface area contributed by atoms with Crippen LogP contribution in [0, 0.1) is 0 Å². The van der Waals surface area contributed by atoms with Gasteiger partial charge in [0.2, 0.25) is 0 Å². The van der Waals surface area contributed by atoms with E-state index in [-0.39, 0.29) is 6.42 Å². The van der Waals surface area contributed by atoms with Crippen LogP contribution in [0.4, 0.5) is 0 Å². The van der Waals surface area contributed by atoms with Gasteiger partial charge in [0.25, 0.3) is 0 Å². The SMILES string of the molecule is CCCOc1ccc(-c2nc3scc(CC(=O)O)n3c2CC)cc1. The summed E-state index contributed by atoms with van der Waals surface area (Å²) in [6.45, 7) is 4.85. The number of aryl methyl sites for hydroxylation is 1. The molecular formula is C18H20N2O3S. The van der Waals surface area contributed by atoms with Crippen LogP contribution in [-0.4, -0.2) is 27.1 Å². The zero-order valence-electron chi connectivity index (χ0n) is 13.8. The van der Waals surface area contributed by atoms with E-state index >= 15 is 0 Å². The number of carbonyl (C=O) groups is 1. The first kappa shape index (κ1) is 16.5. The summed E-state index contributed by atoms with van der Waals surface area (Å²) in [4.78, 5) is 16.6. The van der Waals surface area contributed by atoms with Crippen molar-refractivity contribution in [2.75, 3.05) is 6.61 Å². The lowest BCUT2D eigenvalue weighted by Gasteiger charge is -2.07. The Balaban J connectivity index is 2.00. The van der Waals surface area contributed by atoms with Gasteiger partial charge in [-0.05, 0) is 37.1 Å². The molecule has 0 saturated carbocycles. The highest BCUT2D eigenvalue weighted by atomic mass is 32.1. The van der Waals surface area contributed by atoms with Gasteiger partial charge in [0.15, 0.2) is 4.96 Å². The Morgan fingerprint density at radius 2 is 2.04 bits per heavy atom. The summed E-state index contributed by atoms with van der Waals surface area (Å²) >= 11 is 1.48. The maximum Gasteiger partial charge on any atom is 0.309 e. The minimum absolute atomic E-state index is 0.00654. The van der Waals surface area contributed by atoms with Crippen molar-refractivity contribution in [3.8, 4) is 17.0 Å². The highest BCUT2D eigenvalue weighted by molar-refractivity contribution is 7.15. The third-order valence-electron chi connectivity index (χ3n) is 3.80. The van der Waals surface area contributed by atoms with Crippen molar-refractivity contribution >= 4 is 22.3 Å². The zero-order valence-corrected chi connectivity index (χ0v) is 14.6. The molecule has 0 aliphatic heterocycles. The van der Waals surface area contributed by atoms with Gasteiger partial charge in [-0.3, -0.25) is 9.20 Å². The minimum Gasteiger partial charge on any atom is -0.494 e. The van der Waals surface area contributed by atoms with Crippen LogP contribution in [-0.2, 0) is 17.6 Å². The number of ether oxygens (including phenoxy) is 1. The molecule has 5 nitrogen and oxygen atoms in total. The van der Waals surface area contributed by atoms with Gasteiger partial charge in [-0.1, -0.05) is 13.8 Å². The summed E-state index contributed by atoms with van der Waals surface area (Å²) in [5, 5.41) is 11.0. The van der Waals surface area contributed by atoms with E-state index in [1.807, 2.05) is 34.0 Å². The topological polar surface area (TPSA) is 63.8 Å². The minimum atomic E-state index is -0.829. The number of carboxylic acid groups (broad SMARTS) is 1. The molecule has 1 aromatic carbocycles. The van der Waals surface area contributed by atoms with E-state index in [2.05, 4.69) is 13.8 Å². The molecule has 0 atom stereocenters. The molecule has 0 aliphatic rings. The first-order valence-electron chi connectivity index (χ1n) is 8.06. The number of benzene rings is 1. The van der Waals surface area contributed by atoms with E-state index in [1.54, 1.807) is 0 Å². The number of hydrogen-bond acceptors (Lipinski definition) is 4. The number of aromatic nitrogens is 2. The molecule has 0 amide bonds. The van der Waals surface area contributed by atoms with Gasteiger partial charge in [0.05, 0.1) is 24.4 Å². The lowest BCUT2D eigenvalue weighted by molar-refractivity contribution is -0.136. The Morgan fingerprint density at radius 3 is 2.67 bits per heavy atom. The number of aliphatic carboxylic acids is 1. The summed E-state index contributed by atoms with van der Waals surface area (Å²) in [7, 11) is 0. The van der Waals surface area contributed by atoms with Crippen LogP contribution in [0.5, 0.6) is 5.75 Å². The third-order valence-corrected chi connectivity index (χ3v) is 4.67. The molecule has 126 valence electrons. The molecule has 0 aliphatic carbocycles. The lowest BCUT2D eigenvalue weighted by Crippen LogP contribution is -2.04. The fourth-order valence-electron chi connectivity index (χ4n) is 2.74. The molecule has 6 heteroatoms. The predicted octanol–water partition coefficient (Wildman–Crippen LogP) is 4.04. The molecular weight excluding hydrogens is 324 g/mol. The molecule has 24 heavy (non-hydrogen) atoms. The Morgan fingerprint density at radius 1 is 1.29 bits per heavy atom. The second-order valence-corrected chi connectivity index (χ2v) is 6.39. The zero-order chi connectivity index (χ0) is 17.1. The molecule has 0 bridgehead atoms. The Hall–Kier alpha value is -2.34. The van der Waals surface area contributed by atoms with Gasteiger partial charge in [0.1, 0.15) is 5.75 Å². The lowest BCUT2D eigenvalue weighted by atomic mass is 10.1. The molecule has 3 aromatic rings. The maximum absolute atomic E-state index is 11.1. The van der Waals surface area contributed by atoms with Gasteiger partial charge in [-0.25, -0.2) is 4.98 Å². The largest absolute Gasteiger partial charge is 0.494 e. The molecule has 0 radical (unpaired) electrons. The third kappa shape index (κ3) is 3.14. The number of hydrogen-bond donors (Lipinski definition) is 1. The van der Waals surface area contributed by atoms with Crippen molar-refractivity contribution in [3.63, 3.8) is 0 Å².